The normalized spacial score (nSPS) is 10.2. The number of ether oxygens (including phenoxy) is 1. The molecule has 0 aliphatic heterocycles. The summed E-state index contributed by atoms with van der Waals surface area (Å²) < 4.78 is 4.74. The Bertz CT molecular complexity index is 749. The summed E-state index contributed by atoms with van der Waals surface area (Å²) in [5, 5.41) is 7.91. The molecule has 0 fully saturated rings. The molecule has 0 saturated carbocycles. The van der Waals surface area contributed by atoms with Crippen molar-refractivity contribution >= 4 is 34.4 Å². The third-order valence-electron chi connectivity index (χ3n) is 3.36. The van der Waals surface area contributed by atoms with E-state index in [0.29, 0.717) is 23.7 Å². The van der Waals surface area contributed by atoms with Crippen LogP contribution in [0.1, 0.15) is 36.0 Å². The molecule has 138 valence electrons. The Labute approximate surface area is 154 Å². The van der Waals surface area contributed by atoms with Crippen molar-refractivity contribution in [3.05, 3.63) is 41.4 Å². The molecule has 1 aromatic carbocycles. The van der Waals surface area contributed by atoms with Crippen LogP contribution in [-0.4, -0.2) is 29.4 Å². The zero-order valence-corrected chi connectivity index (χ0v) is 14.9. The summed E-state index contributed by atoms with van der Waals surface area (Å²) in [7, 11) is 0. The maximum atomic E-state index is 12.0. The molecular weight excluding hydrogens is 356 g/mol. The first-order valence-corrected chi connectivity index (χ1v) is 8.97. The first kappa shape index (κ1) is 19.4. The van der Waals surface area contributed by atoms with E-state index in [4.69, 9.17) is 10.5 Å². The summed E-state index contributed by atoms with van der Waals surface area (Å²) in [5.74, 6) is -0.104. The van der Waals surface area contributed by atoms with Crippen LogP contribution < -0.4 is 21.1 Å². The van der Waals surface area contributed by atoms with Gasteiger partial charge in [0, 0.05) is 30.1 Å². The number of nitrogens with two attached hydrogens (primary N) is 1. The van der Waals surface area contributed by atoms with E-state index in [1.807, 2.05) is 0 Å². The van der Waals surface area contributed by atoms with Gasteiger partial charge in [-0.05, 0) is 31.0 Å². The summed E-state index contributed by atoms with van der Waals surface area (Å²) >= 11 is 1.38. The minimum atomic E-state index is -0.929. The van der Waals surface area contributed by atoms with Crippen molar-refractivity contribution in [3.8, 4) is 5.75 Å². The van der Waals surface area contributed by atoms with E-state index in [-0.39, 0.29) is 17.6 Å². The third-order valence-corrected chi connectivity index (χ3v) is 4.05. The van der Waals surface area contributed by atoms with Gasteiger partial charge in [-0.2, -0.15) is 0 Å². The van der Waals surface area contributed by atoms with Gasteiger partial charge in [-0.25, -0.2) is 9.78 Å². The number of hydrogen-bond donors (Lipinski definition) is 3. The summed E-state index contributed by atoms with van der Waals surface area (Å²) in [5.41, 5.74) is 5.32. The first-order valence-electron chi connectivity index (χ1n) is 8.09. The van der Waals surface area contributed by atoms with Crippen LogP contribution in [0.15, 0.2) is 35.8 Å². The van der Waals surface area contributed by atoms with E-state index in [9.17, 15) is 14.4 Å². The van der Waals surface area contributed by atoms with Crippen molar-refractivity contribution in [1.29, 1.82) is 0 Å². The van der Waals surface area contributed by atoms with Crippen LogP contribution in [-0.2, 0) is 4.79 Å². The van der Waals surface area contributed by atoms with Gasteiger partial charge in [0.05, 0.1) is 0 Å². The van der Waals surface area contributed by atoms with E-state index >= 15 is 0 Å². The molecule has 0 aliphatic carbocycles. The highest BCUT2D eigenvalue weighted by Crippen LogP contribution is 2.13. The van der Waals surface area contributed by atoms with Gasteiger partial charge >= 0.3 is 6.09 Å². The number of rotatable bonds is 9. The number of primary amides is 1. The fourth-order valence-electron chi connectivity index (χ4n) is 2.18. The molecule has 9 heteroatoms. The lowest BCUT2D eigenvalue weighted by molar-refractivity contribution is -0.116. The first-order chi connectivity index (χ1) is 12.5. The number of thiazole rings is 1. The molecule has 0 aliphatic rings. The largest absolute Gasteiger partial charge is 0.410 e. The Kier molecular flexibility index (Phi) is 7.56. The SMILES string of the molecule is NC(=O)Oc1cccc(C(=O)NCCCCCC(=O)Nc2nccs2)c1. The van der Waals surface area contributed by atoms with Gasteiger partial charge in [0.2, 0.25) is 5.91 Å². The molecule has 0 radical (unpaired) electrons. The van der Waals surface area contributed by atoms with Crippen molar-refractivity contribution < 1.29 is 19.1 Å². The second-order valence-electron chi connectivity index (χ2n) is 5.40. The van der Waals surface area contributed by atoms with Gasteiger partial charge in [0.15, 0.2) is 5.13 Å². The number of hydrogen-bond acceptors (Lipinski definition) is 6. The quantitative estimate of drug-likeness (QED) is 0.580. The molecule has 8 nitrogen and oxygen atoms in total. The molecule has 1 heterocycles. The third kappa shape index (κ3) is 6.89. The summed E-state index contributed by atoms with van der Waals surface area (Å²) in [6.07, 6.45) is 3.43. The van der Waals surface area contributed by atoms with Crippen LogP contribution in [0.4, 0.5) is 9.93 Å². The minimum absolute atomic E-state index is 0.0600. The van der Waals surface area contributed by atoms with Gasteiger partial charge in [-0.15, -0.1) is 11.3 Å². The number of carbonyl (C=O) groups is 3. The lowest BCUT2D eigenvalue weighted by atomic mass is 10.1. The molecule has 0 bridgehead atoms. The number of carbonyl (C=O) groups excluding carboxylic acids is 3. The van der Waals surface area contributed by atoms with Crippen LogP contribution >= 0.6 is 11.3 Å². The van der Waals surface area contributed by atoms with Gasteiger partial charge in [0.25, 0.3) is 5.91 Å². The topological polar surface area (TPSA) is 123 Å². The second-order valence-corrected chi connectivity index (χ2v) is 6.30. The monoisotopic (exact) mass is 376 g/mol. The maximum Gasteiger partial charge on any atom is 0.409 e. The zero-order chi connectivity index (χ0) is 18.8. The number of nitrogens with zero attached hydrogens (tertiary/aromatic N) is 1. The zero-order valence-electron chi connectivity index (χ0n) is 14.1. The molecule has 1 aromatic heterocycles. The maximum absolute atomic E-state index is 12.0. The Morgan fingerprint density at radius 1 is 1.19 bits per heavy atom. The van der Waals surface area contributed by atoms with Crippen LogP contribution in [0.2, 0.25) is 0 Å². The van der Waals surface area contributed by atoms with Crippen molar-refractivity contribution in [1.82, 2.24) is 10.3 Å². The molecule has 0 unspecified atom stereocenters. The Morgan fingerprint density at radius 3 is 2.77 bits per heavy atom. The lowest BCUT2D eigenvalue weighted by Gasteiger charge is -2.07. The molecule has 0 saturated heterocycles. The van der Waals surface area contributed by atoms with Gasteiger partial charge in [-0.3, -0.25) is 9.59 Å². The van der Waals surface area contributed by atoms with Crippen LogP contribution in [0.3, 0.4) is 0 Å². The molecule has 0 spiro atoms. The molecule has 2 aromatic rings. The highest BCUT2D eigenvalue weighted by atomic mass is 32.1. The fourth-order valence-corrected chi connectivity index (χ4v) is 2.72. The molecule has 26 heavy (non-hydrogen) atoms. The number of anilines is 1. The standard InChI is InChI=1S/C17H20N4O4S/c18-16(24)25-13-6-4-5-12(11-13)15(23)19-8-3-1-2-7-14(22)21-17-20-9-10-26-17/h4-6,9-11H,1-3,7-8H2,(H2,18,24)(H,19,23)(H,20,21,22). The van der Waals surface area contributed by atoms with Crippen molar-refractivity contribution in [3.63, 3.8) is 0 Å². The number of benzene rings is 1. The predicted octanol–water partition coefficient (Wildman–Crippen LogP) is 2.53. The highest BCUT2D eigenvalue weighted by Gasteiger charge is 2.08. The highest BCUT2D eigenvalue weighted by molar-refractivity contribution is 7.13. The molecule has 3 amide bonds. The minimum Gasteiger partial charge on any atom is -0.410 e. The summed E-state index contributed by atoms with van der Waals surface area (Å²) in [6.45, 7) is 0.494. The van der Waals surface area contributed by atoms with Crippen molar-refractivity contribution in [2.24, 2.45) is 5.73 Å². The van der Waals surface area contributed by atoms with E-state index in [1.165, 1.54) is 23.5 Å². The van der Waals surface area contributed by atoms with Gasteiger partial charge in [-0.1, -0.05) is 12.5 Å². The number of unbranched alkanes of at least 4 members (excludes halogenated alkanes) is 2. The molecular formula is C17H20N4O4S. The Morgan fingerprint density at radius 2 is 2.04 bits per heavy atom. The fraction of sp³-hybridized carbons (Fsp3) is 0.294. The number of aromatic nitrogens is 1. The van der Waals surface area contributed by atoms with E-state index < -0.39 is 6.09 Å². The number of amides is 3. The lowest BCUT2D eigenvalue weighted by Crippen LogP contribution is -2.24. The van der Waals surface area contributed by atoms with E-state index in [0.717, 1.165) is 19.3 Å². The molecule has 0 atom stereocenters. The van der Waals surface area contributed by atoms with Crippen molar-refractivity contribution in [2.45, 2.75) is 25.7 Å². The Balaban J connectivity index is 1.61. The van der Waals surface area contributed by atoms with Crippen LogP contribution in [0.5, 0.6) is 5.75 Å². The van der Waals surface area contributed by atoms with Crippen LogP contribution in [0.25, 0.3) is 0 Å². The Hall–Kier alpha value is -2.94. The van der Waals surface area contributed by atoms with Gasteiger partial charge in [0.1, 0.15) is 5.75 Å². The molecule has 2 rings (SSSR count). The smallest absolute Gasteiger partial charge is 0.409 e. The average Bonchev–Trinajstić information content (AvgIpc) is 3.10. The average molecular weight is 376 g/mol. The molecule has 4 N–H and O–H groups in total. The predicted molar refractivity (Wildman–Crippen MR) is 98.2 cm³/mol. The summed E-state index contributed by atoms with van der Waals surface area (Å²) in [4.78, 5) is 38.4. The summed E-state index contributed by atoms with van der Waals surface area (Å²) in [6, 6.07) is 6.21. The van der Waals surface area contributed by atoms with Crippen molar-refractivity contribution in [2.75, 3.05) is 11.9 Å². The van der Waals surface area contributed by atoms with Gasteiger partial charge < -0.3 is 21.1 Å². The number of nitrogens with one attached hydrogen (secondary N) is 2. The van der Waals surface area contributed by atoms with E-state index in [1.54, 1.807) is 23.7 Å². The van der Waals surface area contributed by atoms with E-state index in [2.05, 4.69) is 15.6 Å². The second kappa shape index (κ2) is 10.1. The van der Waals surface area contributed by atoms with Crippen LogP contribution in [0, 0.1) is 0 Å².